The maximum absolute atomic E-state index is 12.8. The molecule has 0 saturated heterocycles. The Balaban J connectivity index is 2.03. The number of nitrogens with one attached hydrogen (secondary N) is 2. The molecule has 2 rings (SSSR count). The van der Waals surface area contributed by atoms with Gasteiger partial charge in [-0.25, -0.2) is 5.43 Å². The summed E-state index contributed by atoms with van der Waals surface area (Å²) < 4.78 is 11.1. The molecule has 2 atom stereocenters. The van der Waals surface area contributed by atoms with Crippen LogP contribution in [0.3, 0.4) is 0 Å². The zero-order chi connectivity index (χ0) is 25.1. The second kappa shape index (κ2) is 13.5. The summed E-state index contributed by atoms with van der Waals surface area (Å²) in [5.74, 6) is 2.46. The Morgan fingerprint density at radius 3 is 2.53 bits per heavy atom. The fourth-order valence-corrected chi connectivity index (χ4v) is 3.34. The molecule has 0 aliphatic heterocycles. The van der Waals surface area contributed by atoms with Gasteiger partial charge >= 0.3 is 0 Å². The molecule has 0 radical (unpaired) electrons. The van der Waals surface area contributed by atoms with E-state index in [1.165, 1.54) is 12.3 Å². The largest absolute Gasteiger partial charge is 0.480 e. The molecule has 0 fully saturated rings. The molecule has 2 amide bonds. The van der Waals surface area contributed by atoms with Crippen molar-refractivity contribution in [2.24, 2.45) is 11.0 Å². The standard InChI is InChI=1S/C25H27Cl2N3O4/c1-5-12-33-22-9-7-6-8-18(22)15-28-30-25(32)21(13-16(2)3)29-24(31)17(4)34-23-11-10-19(26)14-20(23)27/h1,6-11,14-17,21H,12-13H2,2-4H3,(H,29,31)(H,30,32)/b28-15-/t17-,21-/m1/s1. The molecule has 0 aliphatic rings. The van der Waals surface area contributed by atoms with Crippen LogP contribution < -0.4 is 20.2 Å². The van der Waals surface area contributed by atoms with Gasteiger partial charge in [-0.1, -0.05) is 55.1 Å². The summed E-state index contributed by atoms with van der Waals surface area (Å²) in [6, 6.07) is 11.0. The van der Waals surface area contributed by atoms with Crippen molar-refractivity contribution >= 4 is 41.2 Å². The second-order valence-electron chi connectivity index (χ2n) is 7.79. The third-order valence-electron chi connectivity index (χ3n) is 4.52. The van der Waals surface area contributed by atoms with Crippen LogP contribution in [0.15, 0.2) is 47.6 Å². The van der Waals surface area contributed by atoms with E-state index in [9.17, 15) is 9.59 Å². The lowest BCUT2D eigenvalue weighted by molar-refractivity contribution is -0.132. The minimum absolute atomic E-state index is 0.112. The number of halogens is 2. The van der Waals surface area contributed by atoms with E-state index >= 15 is 0 Å². The highest BCUT2D eigenvalue weighted by Gasteiger charge is 2.25. The van der Waals surface area contributed by atoms with Crippen LogP contribution in [0.1, 0.15) is 32.8 Å². The zero-order valence-corrected chi connectivity index (χ0v) is 20.7. The number of terminal acetylenes is 1. The Morgan fingerprint density at radius 1 is 1.12 bits per heavy atom. The number of ether oxygens (including phenoxy) is 2. The molecule has 0 unspecified atom stereocenters. The zero-order valence-electron chi connectivity index (χ0n) is 19.2. The van der Waals surface area contributed by atoms with E-state index in [1.807, 2.05) is 19.9 Å². The van der Waals surface area contributed by atoms with E-state index in [0.29, 0.717) is 28.5 Å². The average molecular weight is 504 g/mol. The van der Waals surface area contributed by atoms with Gasteiger partial charge in [-0.3, -0.25) is 9.59 Å². The maximum atomic E-state index is 12.8. The molecular formula is C25H27Cl2N3O4. The molecule has 0 aromatic heterocycles. The topological polar surface area (TPSA) is 89.0 Å². The van der Waals surface area contributed by atoms with Crippen molar-refractivity contribution in [1.29, 1.82) is 0 Å². The first-order valence-electron chi connectivity index (χ1n) is 10.6. The second-order valence-corrected chi connectivity index (χ2v) is 8.63. The predicted molar refractivity (Wildman–Crippen MR) is 134 cm³/mol. The quantitative estimate of drug-likeness (QED) is 0.269. The summed E-state index contributed by atoms with van der Waals surface area (Å²) in [6.07, 6.45) is 6.19. The number of carbonyl (C=O) groups excluding carboxylic acids is 2. The molecule has 2 aromatic rings. The SMILES string of the molecule is C#CCOc1ccccc1/C=N\NC(=O)[C@@H](CC(C)C)NC(=O)[C@@H](C)Oc1ccc(Cl)cc1Cl. The monoisotopic (exact) mass is 503 g/mol. The number of para-hydroxylation sites is 1. The van der Waals surface area contributed by atoms with Gasteiger partial charge in [0.15, 0.2) is 6.10 Å². The molecule has 0 bridgehead atoms. The van der Waals surface area contributed by atoms with Gasteiger partial charge in [0.2, 0.25) is 0 Å². The molecule has 34 heavy (non-hydrogen) atoms. The molecule has 9 heteroatoms. The first-order valence-corrected chi connectivity index (χ1v) is 11.4. The number of hydrazone groups is 1. The number of hydrogen-bond donors (Lipinski definition) is 2. The van der Waals surface area contributed by atoms with Crippen LogP contribution in [0.25, 0.3) is 0 Å². The van der Waals surface area contributed by atoms with Crippen LogP contribution in [-0.2, 0) is 9.59 Å². The highest BCUT2D eigenvalue weighted by molar-refractivity contribution is 6.35. The molecule has 0 heterocycles. The van der Waals surface area contributed by atoms with E-state index in [4.69, 9.17) is 39.1 Å². The normalized spacial score (nSPS) is 12.6. The third kappa shape index (κ3) is 8.62. The summed E-state index contributed by atoms with van der Waals surface area (Å²) in [7, 11) is 0. The van der Waals surface area contributed by atoms with Gasteiger partial charge in [-0.15, -0.1) is 6.42 Å². The third-order valence-corrected chi connectivity index (χ3v) is 5.05. The van der Waals surface area contributed by atoms with Crippen molar-refractivity contribution in [3.8, 4) is 23.8 Å². The van der Waals surface area contributed by atoms with Gasteiger partial charge in [0.05, 0.1) is 11.2 Å². The van der Waals surface area contributed by atoms with E-state index in [1.54, 1.807) is 37.3 Å². The van der Waals surface area contributed by atoms with Gasteiger partial charge in [-0.2, -0.15) is 5.10 Å². The molecule has 2 N–H and O–H groups in total. The lowest BCUT2D eigenvalue weighted by atomic mass is 10.0. The highest BCUT2D eigenvalue weighted by atomic mass is 35.5. The fourth-order valence-electron chi connectivity index (χ4n) is 2.89. The Morgan fingerprint density at radius 2 is 1.85 bits per heavy atom. The molecule has 0 saturated carbocycles. The number of nitrogens with zero attached hydrogens (tertiary/aromatic N) is 1. The van der Waals surface area contributed by atoms with Gasteiger partial charge in [0, 0.05) is 10.6 Å². The molecule has 0 spiro atoms. The van der Waals surface area contributed by atoms with Crippen LogP contribution in [0.4, 0.5) is 0 Å². The van der Waals surface area contributed by atoms with Gasteiger partial charge in [0.25, 0.3) is 11.8 Å². The summed E-state index contributed by atoms with van der Waals surface area (Å²) in [4.78, 5) is 25.5. The Labute approximate surface area is 209 Å². The molecule has 2 aromatic carbocycles. The predicted octanol–water partition coefficient (Wildman–Crippen LogP) is 4.45. The van der Waals surface area contributed by atoms with Crippen molar-refractivity contribution in [3.63, 3.8) is 0 Å². The van der Waals surface area contributed by atoms with Crippen LogP contribution in [-0.4, -0.2) is 36.8 Å². The van der Waals surface area contributed by atoms with Crippen molar-refractivity contribution in [2.75, 3.05) is 6.61 Å². The Bertz CT molecular complexity index is 1070. The van der Waals surface area contributed by atoms with Gasteiger partial charge < -0.3 is 14.8 Å². The van der Waals surface area contributed by atoms with E-state index in [2.05, 4.69) is 21.8 Å². The van der Waals surface area contributed by atoms with Crippen molar-refractivity contribution < 1.29 is 19.1 Å². The van der Waals surface area contributed by atoms with Crippen LogP contribution in [0.2, 0.25) is 10.0 Å². The van der Waals surface area contributed by atoms with Crippen LogP contribution in [0, 0.1) is 18.3 Å². The van der Waals surface area contributed by atoms with Gasteiger partial charge in [0.1, 0.15) is 24.1 Å². The smallest absolute Gasteiger partial charge is 0.262 e. The maximum Gasteiger partial charge on any atom is 0.262 e. The van der Waals surface area contributed by atoms with Crippen LogP contribution in [0.5, 0.6) is 11.5 Å². The minimum Gasteiger partial charge on any atom is -0.480 e. The van der Waals surface area contributed by atoms with E-state index < -0.39 is 24.0 Å². The summed E-state index contributed by atoms with van der Waals surface area (Å²) in [5, 5.41) is 7.47. The van der Waals surface area contributed by atoms with Crippen molar-refractivity contribution in [1.82, 2.24) is 10.7 Å². The molecule has 7 nitrogen and oxygen atoms in total. The first kappa shape index (κ1) is 27.0. The first-order chi connectivity index (χ1) is 16.2. The Kier molecular flexibility index (Phi) is 10.7. The van der Waals surface area contributed by atoms with Crippen LogP contribution >= 0.6 is 23.2 Å². The average Bonchev–Trinajstić information content (AvgIpc) is 2.79. The lowest BCUT2D eigenvalue weighted by Crippen LogP contribution is -2.49. The number of hydrogen-bond acceptors (Lipinski definition) is 5. The minimum atomic E-state index is -0.898. The molecular weight excluding hydrogens is 477 g/mol. The fraction of sp³-hybridized carbons (Fsp3) is 0.320. The van der Waals surface area contributed by atoms with Crippen molar-refractivity contribution in [2.45, 2.75) is 39.3 Å². The number of carbonyl (C=O) groups is 2. The summed E-state index contributed by atoms with van der Waals surface area (Å²) >= 11 is 12.0. The Hall–Kier alpha value is -3.21. The lowest BCUT2D eigenvalue weighted by Gasteiger charge is -2.22. The van der Waals surface area contributed by atoms with Gasteiger partial charge in [-0.05, 0) is 49.6 Å². The van der Waals surface area contributed by atoms with E-state index in [-0.39, 0.29) is 17.5 Å². The molecule has 0 aliphatic carbocycles. The van der Waals surface area contributed by atoms with E-state index in [0.717, 1.165) is 0 Å². The summed E-state index contributed by atoms with van der Waals surface area (Å²) in [5.41, 5.74) is 3.12. The van der Waals surface area contributed by atoms with Crippen molar-refractivity contribution in [3.05, 3.63) is 58.1 Å². The number of amides is 2. The summed E-state index contributed by atoms with van der Waals surface area (Å²) in [6.45, 7) is 5.57. The number of benzene rings is 2. The molecule has 180 valence electrons. The highest BCUT2D eigenvalue weighted by Crippen LogP contribution is 2.28. The number of rotatable bonds is 11.